The maximum Gasteiger partial charge on any atom is 0.0689 e. The summed E-state index contributed by atoms with van der Waals surface area (Å²) in [5.41, 5.74) is -0.0182. The molecule has 0 unspecified atom stereocenters. The van der Waals surface area contributed by atoms with Gasteiger partial charge < -0.3 is 0 Å². The summed E-state index contributed by atoms with van der Waals surface area (Å²) in [5, 5.41) is 11.6. The van der Waals surface area contributed by atoms with Crippen LogP contribution in [0.4, 0.5) is 0 Å². The number of nitriles is 1. The molecule has 0 saturated heterocycles. The first-order chi connectivity index (χ1) is 8.28. The van der Waals surface area contributed by atoms with E-state index in [1.807, 2.05) is 11.3 Å². The molecule has 0 amide bonds. The van der Waals surface area contributed by atoms with Crippen LogP contribution in [0, 0.1) is 22.7 Å². The average Bonchev–Trinajstić information content (AvgIpc) is 2.90. The highest BCUT2D eigenvalue weighted by atomic mass is 32.1. The third-order valence-corrected chi connectivity index (χ3v) is 5.24. The van der Waals surface area contributed by atoms with Gasteiger partial charge in [0.1, 0.15) is 0 Å². The zero-order valence-corrected chi connectivity index (χ0v) is 11.4. The predicted octanol–water partition coefficient (Wildman–Crippen LogP) is 4.79. The fraction of sp³-hybridized carbons (Fsp3) is 0.667. The molecule has 1 aromatic rings. The van der Waals surface area contributed by atoms with Crippen molar-refractivity contribution in [1.82, 2.24) is 0 Å². The largest absolute Gasteiger partial charge is 0.198 e. The summed E-state index contributed by atoms with van der Waals surface area (Å²) in [4.78, 5) is 1.43. The van der Waals surface area contributed by atoms with Crippen LogP contribution in [0.2, 0.25) is 0 Å². The summed E-state index contributed by atoms with van der Waals surface area (Å²) < 4.78 is 0. The van der Waals surface area contributed by atoms with Gasteiger partial charge in [0, 0.05) is 4.88 Å². The Bertz CT molecular complexity index is 366. The van der Waals surface area contributed by atoms with Crippen LogP contribution in [0.1, 0.15) is 50.3 Å². The van der Waals surface area contributed by atoms with Gasteiger partial charge in [-0.05, 0) is 55.9 Å². The van der Waals surface area contributed by atoms with E-state index in [9.17, 15) is 5.26 Å². The quantitative estimate of drug-likeness (QED) is 0.750. The van der Waals surface area contributed by atoms with Crippen LogP contribution in [0.15, 0.2) is 17.5 Å². The fourth-order valence-corrected chi connectivity index (χ4v) is 3.58. The topological polar surface area (TPSA) is 23.8 Å². The van der Waals surface area contributed by atoms with E-state index in [1.54, 1.807) is 0 Å². The van der Waals surface area contributed by atoms with E-state index in [2.05, 4.69) is 30.5 Å². The Morgan fingerprint density at radius 1 is 1.47 bits per heavy atom. The monoisotopic (exact) mass is 247 g/mol. The third kappa shape index (κ3) is 3.10. The van der Waals surface area contributed by atoms with Crippen molar-refractivity contribution in [2.24, 2.45) is 11.3 Å². The predicted molar refractivity (Wildman–Crippen MR) is 72.9 cm³/mol. The molecule has 2 rings (SSSR count). The Morgan fingerprint density at radius 2 is 2.24 bits per heavy atom. The zero-order valence-electron chi connectivity index (χ0n) is 10.6. The second-order valence-electron chi connectivity index (χ2n) is 5.32. The first-order valence-electron chi connectivity index (χ1n) is 6.71. The maximum atomic E-state index is 9.48. The molecule has 1 aliphatic carbocycles. The van der Waals surface area contributed by atoms with Gasteiger partial charge in [-0.15, -0.1) is 11.3 Å². The molecule has 1 fully saturated rings. The number of rotatable bonds is 4. The van der Waals surface area contributed by atoms with Crippen LogP contribution in [0.25, 0.3) is 0 Å². The van der Waals surface area contributed by atoms with Gasteiger partial charge >= 0.3 is 0 Å². The van der Waals surface area contributed by atoms with E-state index in [0.29, 0.717) is 0 Å². The SMILES string of the molecule is CCC1CCC(C#N)(CCc2cccs2)CC1. The number of aryl methyl sites for hydroxylation is 1. The summed E-state index contributed by atoms with van der Waals surface area (Å²) in [7, 11) is 0. The standard InChI is InChI=1S/C15H21NS/c1-2-13-5-8-15(12-16,9-6-13)10-7-14-4-3-11-17-14/h3-4,11,13H,2,5-10H2,1H3. The molecule has 0 aromatic carbocycles. The van der Waals surface area contributed by atoms with Gasteiger partial charge in [-0.2, -0.15) is 5.26 Å². The first-order valence-corrected chi connectivity index (χ1v) is 7.59. The summed E-state index contributed by atoms with van der Waals surface area (Å²) in [6.07, 6.45) is 8.18. The molecular formula is C15H21NS. The van der Waals surface area contributed by atoms with Crippen molar-refractivity contribution in [3.05, 3.63) is 22.4 Å². The Kier molecular flexibility index (Phi) is 4.23. The molecule has 92 valence electrons. The molecule has 2 heteroatoms. The Balaban J connectivity index is 1.90. The van der Waals surface area contributed by atoms with E-state index in [-0.39, 0.29) is 5.41 Å². The lowest BCUT2D eigenvalue weighted by molar-refractivity contribution is 0.194. The van der Waals surface area contributed by atoms with E-state index >= 15 is 0 Å². The van der Waals surface area contributed by atoms with Crippen LogP contribution in [-0.2, 0) is 6.42 Å². The van der Waals surface area contributed by atoms with Crippen molar-refractivity contribution in [1.29, 1.82) is 5.26 Å². The van der Waals surface area contributed by atoms with E-state index in [1.165, 1.54) is 24.1 Å². The molecule has 0 atom stereocenters. The van der Waals surface area contributed by atoms with Gasteiger partial charge in [0.2, 0.25) is 0 Å². The Hall–Kier alpha value is -0.810. The van der Waals surface area contributed by atoms with Crippen molar-refractivity contribution in [3.63, 3.8) is 0 Å². The lowest BCUT2D eigenvalue weighted by atomic mass is 9.68. The third-order valence-electron chi connectivity index (χ3n) is 4.31. The molecule has 1 aliphatic rings. The van der Waals surface area contributed by atoms with E-state index in [0.717, 1.165) is 31.6 Å². The van der Waals surface area contributed by atoms with E-state index in [4.69, 9.17) is 0 Å². The molecule has 1 aromatic heterocycles. The maximum absolute atomic E-state index is 9.48. The Labute approximate surface area is 108 Å². The minimum absolute atomic E-state index is 0.0182. The van der Waals surface area contributed by atoms with Crippen molar-refractivity contribution in [2.45, 2.75) is 51.9 Å². The highest BCUT2D eigenvalue weighted by molar-refractivity contribution is 7.09. The molecule has 0 bridgehead atoms. The van der Waals surface area contributed by atoms with Crippen molar-refractivity contribution < 1.29 is 0 Å². The minimum Gasteiger partial charge on any atom is -0.198 e. The second kappa shape index (κ2) is 5.69. The molecule has 17 heavy (non-hydrogen) atoms. The average molecular weight is 247 g/mol. The minimum atomic E-state index is -0.0182. The van der Waals surface area contributed by atoms with Crippen LogP contribution in [-0.4, -0.2) is 0 Å². The van der Waals surface area contributed by atoms with Gasteiger partial charge in [-0.25, -0.2) is 0 Å². The van der Waals surface area contributed by atoms with Gasteiger partial charge in [0.25, 0.3) is 0 Å². The van der Waals surface area contributed by atoms with Crippen molar-refractivity contribution in [2.75, 3.05) is 0 Å². The molecule has 0 spiro atoms. The zero-order chi connectivity index (χ0) is 12.1. The van der Waals surface area contributed by atoms with Gasteiger partial charge in [0.15, 0.2) is 0 Å². The van der Waals surface area contributed by atoms with Crippen molar-refractivity contribution in [3.8, 4) is 6.07 Å². The molecule has 1 heterocycles. The van der Waals surface area contributed by atoms with Crippen LogP contribution < -0.4 is 0 Å². The van der Waals surface area contributed by atoms with Crippen LogP contribution >= 0.6 is 11.3 Å². The lowest BCUT2D eigenvalue weighted by Crippen LogP contribution is -2.26. The fourth-order valence-electron chi connectivity index (χ4n) is 2.87. The van der Waals surface area contributed by atoms with Gasteiger partial charge in [-0.1, -0.05) is 19.4 Å². The summed E-state index contributed by atoms with van der Waals surface area (Å²) in [6, 6.07) is 6.92. The van der Waals surface area contributed by atoms with Crippen LogP contribution in [0.3, 0.4) is 0 Å². The second-order valence-corrected chi connectivity index (χ2v) is 6.36. The first kappa shape index (κ1) is 12.6. The number of hydrogen-bond donors (Lipinski definition) is 0. The van der Waals surface area contributed by atoms with Gasteiger partial charge in [-0.3, -0.25) is 0 Å². The molecule has 1 nitrogen and oxygen atoms in total. The highest BCUT2D eigenvalue weighted by Gasteiger charge is 2.34. The summed E-state index contributed by atoms with van der Waals surface area (Å²) in [5.74, 6) is 0.873. The smallest absolute Gasteiger partial charge is 0.0689 e. The lowest BCUT2D eigenvalue weighted by Gasteiger charge is -2.34. The molecule has 0 radical (unpaired) electrons. The number of nitrogens with zero attached hydrogens (tertiary/aromatic N) is 1. The summed E-state index contributed by atoms with van der Waals surface area (Å²) in [6.45, 7) is 2.27. The molecule has 1 saturated carbocycles. The normalized spacial score (nSPS) is 28.8. The van der Waals surface area contributed by atoms with E-state index < -0.39 is 0 Å². The molecular weight excluding hydrogens is 226 g/mol. The molecule has 0 aliphatic heterocycles. The summed E-state index contributed by atoms with van der Waals surface area (Å²) >= 11 is 1.82. The highest BCUT2D eigenvalue weighted by Crippen LogP contribution is 2.42. The van der Waals surface area contributed by atoms with Gasteiger partial charge in [0.05, 0.1) is 11.5 Å². The van der Waals surface area contributed by atoms with Crippen molar-refractivity contribution >= 4 is 11.3 Å². The molecule has 0 N–H and O–H groups in total. The Morgan fingerprint density at radius 3 is 2.76 bits per heavy atom. The van der Waals surface area contributed by atoms with Crippen LogP contribution in [0.5, 0.6) is 0 Å². The number of hydrogen-bond acceptors (Lipinski definition) is 2. The number of thiophene rings is 1.